The molecule has 0 unspecified atom stereocenters. The van der Waals surface area contributed by atoms with Crippen LogP contribution in [0.3, 0.4) is 0 Å². The number of ether oxygens (including phenoxy) is 2. The van der Waals surface area contributed by atoms with Crippen LogP contribution in [-0.4, -0.2) is 24.0 Å². The van der Waals surface area contributed by atoms with Crippen molar-refractivity contribution >= 4 is 23.4 Å². The number of rotatable bonds is 9. The van der Waals surface area contributed by atoms with E-state index < -0.39 is 5.97 Å². The standard InChI is InChI=1S/C24H21ClO5/c1-29-22-8-5-16(6-9-22)15-30-23-10-7-20(25)13-19(23)14-21(26)12-17-3-2-4-18(11-17)24(27)28/h2-11,13H,12,14-15H2,1H3,(H,27,28). The highest BCUT2D eigenvalue weighted by Crippen LogP contribution is 2.25. The van der Waals surface area contributed by atoms with E-state index in [9.17, 15) is 9.59 Å². The van der Waals surface area contributed by atoms with Crippen LogP contribution < -0.4 is 9.47 Å². The third-order valence-corrected chi connectivity index (χ3v) is 4.77. The van der Waals surface area contributed by atoms with E-state index in [0.29, 0.717) is 28.5 Å². The van der Waals surface area contributed by atoms with Crippen LogP contribution in [0.5, 0.6) is 11.5 Å². The molecule has 0 atom stereocenters. The maximum absolute atomic E-state index is 12.6. The van der Waals surface area contributed by atoms with Gasteiger partial charge in [0.05, 0.1) is 12.7 Å². The van der Waals surface area contributed by atoms with Crippen molar-refractivity contribution in [1.29, 1.82) is 0 Å². The van der Waals surface area contributed by atoms with Gasteiger partial charge in [0, 0.05) is 23.4 Å². The smallest absolute Gasteiger partial charge is 0.335 e. The van der Waals surface area contributed by atoms with Gasteiger partial charge in [-0.05, 0) is 53.6 Å². The highest BCUT2D eigenvalue weighted by atomic mass is 35.5. The number of carboxylic acids is 1. The summed E-state index contributed by atoms with van der Waals surface area (Å²) in [6.45, 7) is 0.341. The molecule has 0 aliphatic heterocycles. The summed E-state index contributed by atoms with van der Waals surface area (Å²) in [4.78, 5) is 23.7. The Morgan fingerprint density at radius 2 is 1.70 bits per heavy atom. The lowest BCUT2D eigenvalue weighted by Crippen LogP contribution is -2.09. The van der Waals surface area contributed by atoms with E-state index in [-0.39, 0.29) is 24.2 Å². The summed E-state index contributed by atoms with van der Waals surface area (Å²) in [5.41, 5.74) is 2.47. The van der Waals surface area contributed by atoms with E-state index in [4.69, 9.17) is 26.2 Å². The molecule has 0 aliphatic rings. The van der Waals surface area contributed by atoms with Crippen molar-refractivity contribution in [3.05, 3.63) is 94.0 Å². The number of Topliss-reactive ketones (excluding diaryl/α,β-unsaturated/α-hetero) is 1. The number of carboxylic acid groups (broad SMARTS) is 1. The molecule has 0 aliphatic carbocycles. The minimum atomic E-state index is -1.02. The van der Waals surface area contributed by atoms with Crippen LogP contribution in [-0.2, 0) is 24.2 Å². The SMILES string of the molecule is COc1ccc(COc2ccc(Cl)cc2CC(=O)Cc2cccc(C(=O)O)c2)cc1. The maximum Gasteiger partial charge on any atom is 0.335 e. The number of aromatic carboxylic acids is 1. The van der Waals surface area contributed by atoms with E-state index in [1.807, 2.05) is 24.3 Å². The first-order valence-corrected chi connectivity index (χ1v) is 9.70. The van der Waals surface area contributed by atoms with Crippen molar-refractivity contribution in [2.45, 2.75) is 19.4 Å². The Morgan fingerprint density at radius 1 is 0.933 bits per heavy atom. The molecule has 0 saturated heterocycles. The molecule has 0 fully saturated rings. The lowest BCUT2D eigenvalue weighted by Gasteiger charge is -2.12. The Bertz CT molecular complexity index is 1040. The largest absolute Gasteiger partial charge is 0.497 e. The molecule has 0 heterocycles. The zero-order chi connectivity index (χ0) is 21.5. The molecule has 0 amide bonds. The first kappa shape index (κ1) is 21.4. The molecule has 5 nitrogen and oxygen atoms in total. The number of ketones is 1. The Hall–Kier alpha value is -3.31. The van der Waals surface area contributed by atoms with Crippen molar-refractivity contribution in [1.82, 2.24) is 0 Å². The fourth-order valence-electron chi connectivity index (χ4n) is 3.03. The summed E-state index contributed by atoms with van der Waals surface area (Å²) >= 11 is 6.12. The second-order valence-corrected chi connectivity index (χ2v) is 7.22. The van der Waals surface area contributed by atoms with E-state index in [1.165, 1.54) is 12.1 Å². The Labute approximate surface area is 179 Å². The third-order valence-electron chi connectivity index (χ3n) is 4.54. The third kappa shape index (κ3) is 5.84. The lowest BCUT2D eigenvalue weighted by molar-refractivity contribution is -0.117. The molecule has 3 aromatic rings. The van der Waals surface area contributed by atoms with Crippen LogP contribution in [0.4, 0.5) is 0 Å². The van der Waals surface area contributed by atoms with Crippen molar-refractivity contribution in [2.24, 2.45) is 0 Å². The summed E-state index contributed by atoms with van der Waals surface area (Å²) < 4.78 is 11.1. The normalized spacial score (nSPS) is 10.5. The summed E-state index contributed by atoms with van der Waals surface area (Å²) in [6, 6.07) is 19.1. The molecule has 30 heavy (non-hydrogen) atoms. The monoisotopic (exact) mass is 424 g/mol. The summed E-state index contributed by atoms with van der Waals surface area (Å²) in [5, 5.41) is 9.62. The van der Waals surface area contributed by atoms with Crippen molar-refractivity contribution in [3.8, 4) is 11.5 Å². The summed E-state index contributed by atoms with van der Waals surface area (Å²) in [5.74, 6) is 0.272. The average molecular weight is 425 g/mol. The van der Waals surface area contributed by atoms with Crippen LogP contribution in [0.1, 0.15) is 27.0 Å². The molecule has 154 valence electrons. The molecule has 1 N–H and O–H groups in total. The van der Waals surface area contributed by atoms with Gasteiger partial charge in [-0.25, -0.2) is 4.79 Å². The molecule has 0 saturated carbocycles. The molecule has 3 rings (SSSR count). The fraction of sp³-hybridized carbons (Fsp3) is 0.167. The van der Waals surface area contributed by atoms with E-state index >= 15 is 0 Å². The van der Waals surface area contributed by atoms with Gasteiger partial charge in [0.15, 0.2) is 0 Å². The number of carbonyl (C=O) groups excluding carboxylic acids is 1. The number of hydrogen-bond acceptors (Lipinski definition) is 4. The second-order valence-electron chi connectivity index (χ2n) is 6.79. The van der Waals surface area contributed by atoms with E-state index in [1.54, 1.807) is 37.4 Å². The van der Waals surface area contributed by atoms with Gasteiger partial charge in [-0.3, -0.25) is 4.79 Å². The Kier molecular flexibility index (Phi) is 7.09. The van der Waals surface area contributed by atoms with Crippen LogP contribution in [0, 0.1) is 0 Å². The average Bonchev–Trinajstić information content (AvgIpc) is 2.73. The lowest BCUT2D eigenvalue weighted by atomic mass is 10.0. The highest BCUT2D eigenvalue weighted by Gasteiger charge is 2.13. The maximum atomic E-state index is 12.6. The van der Waals surface area contributed by atoms with Gasteiger partial charge in [-0.15, -0.1) is 0 Å². The van der Waals surface area contributed by atoms with Crippen molar-refractivity contribution < 1.29 is 24.2 Å². The zero-order valence-corrected chi connectivity index (χ0v) is 17.2. The predicted octanol–water partition coefficient (Wildman–Crippen LogP) is 4.98. The van der Waals surface area contributed by atoms with Gasteiger partial charge in [0.1, 0.15) is 23.9 Å². The summed E-state index contributed by atoms with van der Waals surface area (Å²) in [7, 11) is 1.61. The minimum Gasteiger partial charge on any atom is -0.497 e. The first-order valence-electron chi connectivity index (χ1n) is 9.32. The van der Waals surface area contributed by atoms with Crippen LogP contribution in [0.25, 0.3) is 0 Å². The second kappa shape index (κ2) is 9.94. The van der Waals surface area contributed by atoms with Crippen LogP contribution in [0.2, 0.25) is 5.02 Å². The molecule has 0 spiro atoms. The van der Waals surface area contributed by atoms with Gasteiger partial charge in [-0.1, -0.05) is 35.9 Å². The predicted molar refractivity (Wildman–Crippen MR) is 115 cm³/mol. The zero-order valence-electron chi connectivity index (χ0n) is 16.4. The van der Waals surface area contributed by atoms with Gasteiger partial charge in [-0.2, -0.15) is 0 Å². The fourth-order valence-corrected chi connectivity index (χ4v) is 3.22. The number of methoxy groups -OCH3 is 1. The molecule has 6 heteroatoms. The molecule has 0 radical (unpaired) electrons. The number of hydrogen-bond donors (Lipinski definition) is 1. The number of halogens is 1. The molecule has 3 aromatic carbocycles. The van der Waals surface area contributed by atoms with E-state index in [0.717, 1.165) is 11.3 Å². The van der Waals surface area contributed by atoms with Crippen LogP contribution in [0.15, 0.2) is 66.7 Å². The molecular weight excluding hydrogens is 404 g/mol. The number of carbonyl (C=O) groups is 2. The molecular formula is C24H21ClO5. The van der Waals surface area contributed by atoms with Crippen LogP contribution >= 0.6 is 11.6 Å². The van der Waals surface area contributed by atoms with Crippen molar-refractivity contribution in [2.75, 3.05) is 7.11 Å². The van der Waals surface area contributed by atoms with Gasteiger partial charge < -0.3 is 14.6 Å². The first-order chi connectivity index (χ1) is 14.4. The highest BCUT2D eigenvalue weighted by molar-refractivity contribution is 6.30. The van der Waals surface area contributed by atoms with Gasteiger partial charge in [0.2, 0.25) is 0 Å². The molecule has 0 aromatic heterocycles. The molecule has 0 bridgehead atoms. The van der Waals surface area contributed by atoms with Crippen molar-refractivity contribution in [3.63, 3.8) is 0 Å². The topological polar surface area (TPSA) is 72.8 Å². The Balaban J connectivity index is 1.69. The van der Waals surface area contributed by atoms with Gasteiger partial charge in [0.25, 0.3) is 0 Å². The minimum absolute atomic E-state index is 0.0610. The summed E-state index contributed by atoms with van der Waals surface area (Å²) in [6.07, 6.45) is 0.265. The number of benzene rings is 3. The Morgan fingerprint density at radius 3 is 2.40 bits per heavy atom. The van der Waals surface area contributed by atoms with E-state index in [2.05, 4.69) is 0 Å². The van der Waals surface area contributed by atoms with Gasteiger partial charge >= 0.3 is 5.97 Å². The quantitative estimate of drug-likeness (QED) is 0.524.